The van der Waals surface area contributed by atoms with Gasteiger partial charge in [0.15, 0.2) is 11.4 Å². The average Bonchev–Trinajstić information content (AvgIpc) is 3.08. The second kappa shape index (κ2) is 7.00. The number of benzene rings is 2. The van der Waals surface area contributed by atoms with Crippen LogP contribution < -0.4 is 9.64 Å². The van der Waals surface area contributed by atoms with Crippen molar-refractivity contribution in [1.82, 2.24) is 9.78 Å². The number of hydrogen-bond donors (Lipinski definition) is 0. The van der Waals surface area contributed by atoms with Gasteiger partial charge < -0.3 is 9.64 Å². The summed E-state index contributed by atoms with van der Waals surface area (Å²) < 4.78 is 7.03. The average molecular weight is 321 g/mol. The molecule has 0 spiro atoms. The zero-order valence-corrected chi connectivity index (χ0v) is 13.7. The van der Waals surface area contributed by atoms with E-state index in [9.17, 15) is 4.79 Å². The van der Waals surface area contributed by atoms with Crippen LogP contribution in [0.3, 0.4) is 0 Å². The summed E-state index contributed by atoms with van der Waals surface area (Å²) in [7, 11) is 1.54. The number of para-hydroxylation sites is 2. The van der Waals surface area contributed by atoms with E-state index < -0.39 is 0 Å². The van der Waals surface area contributed by atoms with Crippen molar-refractivity contribution in [3.63, 3.8) is 0 Å². The molecular formula is C19H19N3O2. The predicted molar refractivity (Wildman–Crippen MR) is 93.9 cm³/mol. The molecule has 0 aliphatic rings. The van der Waals surface area contributed by atoms with Gasteiger partial charge in [-0.3, -0.25) is 4.79 Å². The van der Waals surface area contributed by atoms with Crippen molar-refractivity contribution in [3.05, 3.63) is 72.6 Å². The van der Waals surface area contributed by atoms with Gasteiger partial charge in [0.05, 0.1) is 19.0 Å². The molecule has 0 atom stereocenters. The Labute approximate surface area is 141 Å². The highest BCUT2D eigenvalue weighted by Gasteiger charge is 2.24. The standard InChI is InChI=1S/C19H19N3O2/c1-3-21(15-10-6-4-7-11-15)19(23)18-17(24-2)14-22(20-18)16-12-8-5-9-13-16/h4-14H,3H2,1-2H3. The molecular weight excluding hydrogens is 302 g/mol. The van der Waals surface area contributed by atoms with Gasteiger partial charge in [-0.15, -0.1) is 0 Å². The van der Waals surface area contributed by atoms with Crippen molar-refractivity contribution < 1.29 is 9.53 Å². The maximum absolute atomic E-state index is 13.0. The Morgan fingerprint density at radius 1 is 1.08 bits per heavy atom. The normalized spacial score (nSPS) is 10.4. The molecule has 0 radical (unpaired) electrons. The third kappa shape index (κ3) is 3.01. The van der Waals surface area contributed by atoms with Gasteiger partial charge >= 0.3 is 0 Å². The predicted octanol–water partition coefficient (Wildman–Crippen LogP) is 3.55. The van der Waals surface area contributed by atoms with Crippen LogP contribution in [0.15, 0.2) is 66.9 Å². The molecule has 0 fully saturated rings. The smallest absolute Gasteiger partial charge is 0.282 e. The molecule has 1 amide bonds. The zero-order valence-electron chi connectivity index (χ0n) is 13.7. The topological polar surface area (TPSA) is 47.4 Å². The molecule has 2 aromatic carbocycles. The van der Waals surface area contributed by atoms with Crippen LogP contribution in [0.25, 0.3) is 5.69 Å². The van der Waals surface area contributed by atoms with Gasteiger partial charge in [0.2, 0.25) is 0 Å². The van der Waals surface area contributed by atoms with E-state index in [-0.39, 0.29) is 5.91 Å². The highest BCUT2D eigenvalue weighted by atomic mass is 16.5. The third-order valence-electron chi connectivity index (χ3n) is 3.75. The maximum atomic E-state index is 13.0. The van der Waals surface area contributed by atoms with Gasteiger partial charge in [0.25, 0.3) is 5.91 Å². The highest BCUT2D eigenvalue weighted by Crippen LogP contribution is 2.23. The van der Waals surface area contributed by atoms with Gasteiger partial charge in [0.1, 0.15) is 0 Å². The van der Waals surface area contributed by atoms with Crippen LogP contribution >= 0.6 is 0 Å². The number of carbonyl (C=O) groups excluding carboxylic acids is 1. The number of ether oxygens (including phenoxy) is 1. The van der Waals surface area contributed by atoms with Crippen LogP contribution in [0.1, 0.15) is 17.4 Å². The lowest BCUT2D eigenvalue weighted by atomic mass is 10.2. The number of anilines is 1. The fraction of sp³-hybridized carbons (Fsp3) is 0.158. The SMILES string of the molecule is CCN(C(=O)c1nn(-c2ccccc2)cc1OC)c1ccccc1. The van der Waals surface area contributed by atoms with Gasteiger partial charge in [0, 0.05) is 12.2 Å². The molecule has 0 saturated heterocycles. The maximum Gasteiger partial charge on any atom is 0.282 e. The minimum atomic E-state index is -0.185. The molecule has 1 heterocycles. The Kier molecular flexibility index (Phi) is 4.61. The van der Waals surface area contributed by atoms with Crippen LogP contribution in [-0.4, -0.2) is 29.3 Å². The van der Waals surface area contributed by atoms with E-state index in [0.29, 0.717) is 18.0 Å². The Morgan fingerprint density at radius 3 is 2.29 bits per heavy atom. The van der Waals surface area contributed by atoms with E-state index in [1.807, 2.05) is 67.6 Å². The summed E-state index contributed by atoms with van der Waals surface area (Å²) in [6.07, 6.45) is 1.72. The molecule has 0 aliphatic heterocycles. The van der Waals surface area contributed by atoms with E-state index >= 15 is 0 Å². The molecule has 3 rings (SSSR count). The second-order valence-corrected chi connectivity index (χ2v) is 5.21. The van der Waals surface area contributed by atoms with E-state index in [1.165, 1.54) is 0 Å². The molecule has 0 N–H and O–H groups in total. The lowest BCUT2D eigenvalue weighted by Crippen LogP contribution is -2.31. The lowest BCUT2D eigenvalue weighted by Gasteiger charge is -2.20. The van der Waals surface area contributed by atoms with Gasteiger partial charge in [-0.2, -0.15) is 5.10 Å². The molecule has 3 aromatic rings. The van der Waals surface area contributed by atoms with Crippen molar-refractivity contribution in [3.8, 4) is 11.4 Å². The number of amides is 1. The van der Waals surface area contributed by atoms with Gasteiger partial charge in [-0.1, -0.05) is 36.4 Å². The molecule has 5 heteroatoms. The van der Waals surface area contributed by atoms with Crippen molar-refractivity contribution >= 4 is 11.6 Å². The Hall–Kier alpha value is -3.08. The van der Waals surface area contributed by atoms with Crippen molar-refractivity contribution in [2.45, 2.75) is 6.92 Å². The number of aromatic nitrogens is 2. The zero-order chi connectivity index (χ0) is 16.9. The summed E-state index contributed by atoms with van der Waals surface area (Å²) in [5, 5.41) is 4.45. The number of methoxy groups -OCH3 is 1. The summed E-state index contributed by atoms with van der Waals surface area (Å²) in [4.78, 5) is 14.7. The number of nitrogens with zero attached hydrogens (tertiary/aromatic N) is 3. The Morgan fingerprint density at radius 2 is 1.71 bits per heavy atom. The molecule has 24 heavy (non-hydrogen) atoms. The van der Waals surface area contributed by atoms with Crippen molar-refractivity contribution in [2.75, 3.05) is 18.6 Å². The molecule has 0 aliphatic carbocycles. The first-order valence-corrected chi connectivity index (χ1v) is 7.80. The molecule has 5 nitrogen and oxygen atoms in total. The fourth-order valence-corrected chi connectivity index (χ4v) is 2.55. The van der Waals surface area contributed by atoms with E-state index in [4.69, 9.17) is 4.74 Å². The van der Waals surface area contributed by atoms with E-state index in [1.54, 1.807) is 22.9 Å². The van der Waals surface area contributed by atoms with Crippen molar-refractivity contribution in [1.29, 1.82) is 0 Å². The summed E-state index contributed by atoms with van der Waals surface area (Å²) in [6, 6.07) is 19.2. The molecule has 122 valence electrons. The Balaban J connectivity index is 1.99. The van der Waals surface area contributed by atoms with Crippen LogP contribution in [0.5, 0.6) is 5.75 Å². The third-order valence-corrected chi connectivity index (χ3v) is 3.75. The second-order valence-electron chi connectivity index (χ2n) is 5.21. The first-order chi connectivity index (χ1) is 11.7. The highest BCUT2D eigenvalue weighted by molar-refractivity contribution is 6.06. The summed E-state index contributed by atoms with van der Waals surface area (Å²) >= 11 is 0. The lowest BCUT2D eigenvalue weighted by molar-refractivity contribution is 0.0980. The first-order valence-electron chi connectivity index (χ1n) is 7.80. The van der Waals surface area contributed by atoms with Crippen LogP contribution in [0.2, 0.25) is 0 Å². The summed E-state index contributed by atoms with van der Waals surface area (Å²) in [5.41, 5.74) is 2.01. The Bertz CT molecular complexity index is 813. The molecule has 0 bridgehead atoms. The van der Waals surface area contributed by atoms with Crippen LogP contribution in [0.4, 0.5) is 5.69 Å². The van der Waals surface area contributed by atoms with Gasteiger partial charge in [-0.05, 0) is 31.2 Å². The monoisotopic (exact) mass is 321 g/mol. The largest absolute Gasteiger partial charge is 0.493 e. The van der Waals surface area contributed by atoms with E-state index in [0.717, 1.165) is 11.4 Å². The van der Waals surface area contributed by atoms with Crippen LogP contribution in [0, 0.1) is 0 Å². The first kappa shape index (κ1) is 15.8. The van der Waals surface area contributed by atoms with Gasteiger partial charge in [-0.25, -0.2) is 4.68 Å². The summed E-state index contributed by atoms with van der Waals surface area (Å²) in [5.74, 6) is 0.272. The number of hydrogen-bond acceptors (Lipinski definition) is 3. The number of rotatable bonds is 5. The molecule has 0 saturated carbocycles. The fourth-order valence-electron chi connectivity index (χ4n) is 2.55. The van der Waals surface area contributed by atoms with Crippen molar-refractivity contribution in [2.24, 2.45) is 0 Å². The minimum Gasteiger partial charge on any atom is -0.493 e. The van der Waals surface area contributed by atoms with E-state index in [2.05, 4.69) is 5.10 Å². The molecule has 0 unspecified atom stereocenters. The minimum absolute atomic E-state index is 0.185. The molecule has 1 aromatic heterocycles. The summed E-state index contributed by atoms with van der Waals surface area (Å²) in [6.45, 7) is 2.48. The quantitative estimate of drug-likeness (QED) is 0.722. The number of carbonyl (C=O) groups is 1. The van der Waals surface area contributed by atoms with Crippen LogP contribution in [-0.2, 0) is 0 Å².